The van der Waals surface area contributed by atoms with Crippen molar-refractivity contribution >= 4 is 16.7 Å². The van der Waals surface area contributed by atoms with Gasteiger partial charge in [0.15, 0.2) is 0 Å². The number of nitrogens with two attached hydrogens (primary N) is 2. The van der Waals surface area contributed by atoms with Gasteiger partial charge in [-0.15, -0.1) is 0 Å². The molecule has 0 bridgehead atoms. The Morgan fingerprint density at radius 1 is 1.27 bits per heavy atom. The number of rotatable bonds is 1. The first-order valence-electron chi connectivity index (χ1n) is 4.62. The standard InChI is InChI=1S/C11H12N4/c1-7-2-3-8-6-9(11(12)15-13)4-5-10(8)14-7/h2-6H,13H2,1H3,(H2,12,15). The number of hydrazone groups is 1. The Kier molecular flexibility index (Phi) is 2.25. The number of aromatic nitrogens is 1. The van der Waals surface area contributed by atoms with Crippen molar-refractivity contribution in [1.82, 2.24) is 4.98 Å². The Balaban J connectivity index is 2.62. The average molecular weight is 200 g/mol. The van der Waals surface area contributed by atoms with Crippen LogP contribution in [0, 0.1) is 6.92 Å². The van der Waals surface area contributed by atoms with E-state index in [0.717, 1.165) is 22.2 Å². The molecular weight excluding hydrogens is 188 g/mol. The largest absolute Gasteiger partial charge is 0.382 e. The minimum atomic E-state index is 0.331. The highest BCUT2D eigenvalue weighted by atomic mass is 15.1. The molecule has 4 nitrogen and oxygen atoms in total. The molecule has 0 unspecified atom stereocenters. The molecule has 0 aliphatic carbocycles. The van der Waals surface area contributed by atoms with Crippen LogP contribution < -0.4 is 11.6 Å². The van der Waals surface area contributed by atoms with Crippen LogP contribution in [0.25, 0.3) is 10.9 Å². The van der Waals surface area contributed by atoms with Crippen molar-refractivity contribution in [2.75, 3.05) is 0 Å². The van der Waals surface area contributed by atoms with Crippen molar-refractivity contribution < 1.29 is 0 Å². The van der Waals surface area contributed by atoms with Gasteiger partial charge in [-0.05, 0) is 31.2 Å². The van der Waals surface area contributed by atoms with E-state index in [0.29, 0.717) is 5.84 Å². The predicted octanol–water partition coefficient (Wildman–Crippen LogP) is 1.12. The van der Waals surface area contributed by atoms with Crippen LogP contribution in [0.3, 0.4) is 0 Å². The molecule has 4 N–H and O–H groups in total. The van der Waals surface area contributed by atoms with Gasteiger partial charge in [0.1, 0.15) is 5.84 Å². The monoisotopic (exact) mass is 200 g/mol. The molecule has 1 heterocycles. The third-order valence-corrected chi connectivity index (χ3v) is 2.26. The van der Waals surface area contributed by atoms with E-state index >= 15 is 0 Å². The molecule has 4 heteroatoms. The maximum Gasteiger partial charge on any atom is 0.150 e. The summed E-state index contributed by atoms with van der Waals surface area (Å²) in [7, 11) is 0. The molecule has 0 saturated carbocycles. The summed E-state index contributed by atoms with van der Waals surface area (Å²) >= 11 is 0. The molecule has 76 valence electrons. The van der Waals surface area contributed by atoms with Crippen LogP contribution in [0.4, 0.5) is 0 Å². The van der Waals surface area contributed by atoms with Crippen molar-refractivity contribution in [1.29, 1.82) is 0 Å². The molecular formula is C11H12N4. The SMILES string of the molecule is Cc1ccc2cc(/C(N)=N/N)ccc2n1. The lowest BCUT2D eigenvalue weighted by atomic mass is 10.1. The number of fused-ring (bicyclic) bond motifs is 1. The smallest absolute Gasteiger partial charge is 0.150 e. The summed E-state index contributed by atoms with van der Waals surface area (Å²) in [4.78, 5) is 4.39. The van der Waals surface area contributed by atoms with Crippen LogP contribution in [0.1, 0.15) is 11.3 Å². The lowest BCUT2D eigenvalue weighted by molar-refractivity contribution is 1.23. The minimum absolute atomic E-state index is 0.331. The number of amidine groups is 1. The molecule has 0 amide bonds. The Labute approximate surface area is 87.6 Å². The first-order valence-corrected chi connectivity index (χ1v) is 4.62. The summed E-state index contributed by atoms with van der Waals surface area (Å²) in [6.07, 6.45) is 0. The summed E-state index contributed by atoms with van der Waals surface area (Å²) in [6, 6.07) is 9.66. The number of hydrogen-bond donors (Lipinski definition) is 2. The predicted molar refractivity (Wildman–Crippen MR) is 61.4 cm³/mol. The fourth-order valence-corrected chi connectivity index (χ4v) is 1.46. The molecule has 0 aliphatic rings. The first-order chi connectivity index (χ1) is 7.20. The molecule has 1 aromatic carbocycles. The van der Waals surface area contributed by atoms with Gasteiger partial charge in [0.2, 0.25) is 0 Å². The quantitative estimate of drug-likeness (QED) is 0.313. The molecule has 15 heavy (non-hydrogen) atoms. The third-order valence-electron chi connectivity index (χ3n) is 2.26. The van der Waals surface area contributed by atoms with Crippen molar-refractivity contribution in [3.63, 3.8) is 0 Å². The maximum absolute atomic E-state index is 5.62. The topological polar surface area (TPSA) is 77.3 Å². The summed E-state index contributed by atoms with van der Waals surface area (Å²) in [5.74, 6) is 5.45. The van der Waals surface area contributed by atoms with Crippen LogP contribution in [0.2, 0.25) is 0 Å². The van der Waals surface area contributed by atoms with Crippen LogP contribution >= 0.6 is 0 Å². The van der Waals surface area contributed by atoms with E-state index in [4.69, 9.17) is 11.6 Å². The third kappa shape index (κ3) is 1.74. The van der Waals surface area contributed by atoms with Gasteiger partial charge in [-0.3, -0.25) is 4.98 Å². The van der Waals surface area contributed by atoms with Gasteiger partial charge in [-0.2, -0.15) is 5.10 Å². The van der Waals surface area contributed by atoms with E-state index in [1.165, 1.54) is 0 Å². The Morgan fingerprint density at radius 3 is 2.80 bits per heavy atom. The van der Waals surface area contributed by atoms with E-state index in [2.05, 4.69) is 10.1 Å². The molecule has 0 aliphatic heterocycles. The van der Waals surface area contributed by atoms with Crippen LogP contribution in [-0.4, -0.2) is 10.8 Å². The Morgan fingerprint density at radius 2 is 2.07 bits per heavy atom. The number of nitrogens with zero attached hydrogens (tertiary/aromatic N) is 2. The van der Waals surface area contributed by atoms with Gasteiger partial charge in [-0.1, -0.05) is 6.07 Å². The second-order valence-electron chi connectivity index (χ2n) is 3.37. The fourth-order valence-electron chi connectivity index (χ4n) is 1.46. The zero-order chi connectivity index (χ0) is 10.8. The number of hydrogen-bond acceptors (Lipinski definition) is 3. The van der Waals surface area contributed by atoms with Gasteiger partial charge in [-0.25, -0.2) is 0 Å². The van der Waals surface area contributed by atoms with Crippen LogP contribution in [0.5, 0.6) is 0 Å². The van der Waals surface area contributed by atoms with E-state index in [1.54, 1.807) is 0 Å². The molecule has 0 atom stereocenters. The maximum atomic E-state index is 5.62. The number of pyridine rings is 1. The van der Waals surface area contributed by atoms with E-state index in [9.17, 15) is 0 Å². The highest BCUT2D eigenvalue weighted by molar-refractivity contribution is 6.00. The lowest BCUT2D eigenvalue weighted by Crippen LogP contribution is -2.15. The average Bonchev–Trinajstić information content (AvgIpc) is 2.27. The Hall–Kier alpha value is -2.10. The van der Waals surface area contributed by atoms with Gasteiger partial charge < -0.3 is 11.6 Å². The molecule has 0 radical (unpaired) electrons. The van der Waals surface area contributed by atoms with Crippen LogP contribution in [-0.2, 0) is 0 Å². The molecule has 0 spiro atoms. The first kappa shape index (κ1) is 9.45. The van der Waals surface area contributed by atoms with Crippen molar-refractivity contribution in [3.05, 3.63) is 41.6 Å². The molecule has 0 fully saturated rings. The van der Waals surface area contributed by atoms with Gasteiger partial charge in [0.25, 0.3) is 0 Å². The van der Waals surface area contributed by atoms with E-state index in [-0.39, 0.29) is 0 Å². The van der Waals surface area contributed by atoms with Gasteiger partial charge in [0.05, 0.1) is 5.52 Å². The second-order valence-corrected chi connectivity index (χ2v) is 3.37. The second kappa shape index (κ2) is 3.57. The van der Waals surface area contributed by atoms with Gasteiger partial charge in [0, 0.05) is 16.6 Å². The molecule has 2 rings (SSSR count). The normalized spacial score (nSPS) is 11.9. The molecule has 1 aromatic heterocycles. The van der Waals surface area contributed by atoms with Gasteiger partial charge >= 0.3 is 0 Å². The zero-order valence-electron chi connectivity index (χ0n) is 8.44. The summed E-state index contributed by atoms with van der Waals surface area (Å²) in [6.45, 7) is 1.96. The number of aryl methyl sites for hydroxylation is 1. The summed E-state index contributed by atoms with van der Waals surface area (Å²) in [5, 5.41) is 4.49. The van der Waals surface area contributed by atoms with E-state index in [1.807, 2.05) is 37.3 Å². The van der Waals surface area contributed by atoms with Crippen molar-refractivity contribution in [2.45, 2.75) is 6.92 Å². The molecule has 0 saturated heterocycles. The highest BCUT2D eigenvalue weighted by Crippen LogP contribution is 2.14. The van der Waals surface area contributed by atoms with Crippen molar-refractivity contribution in [3.8, 4) is 0 Å². The highest BCUT2D eigenvalue weighted by Gasteiger charge is 2.00. The molecule has 2 aromatic rings. The Bertz CT molecular complexity index is 531. The fraction of sp³-hybridized carbons (Fsp3) is 0.0909. The summed E-state index contributed by atoms with van der Waals surface area (Å²) in [5.41, 5.74) is 8.38. The van der Waals surface area contributed by atoms with Crippen LogP contribution in [0.15, 0.2) is 35.4 Å². The van der Waals surface area contributed by atoms with Crippen molar-refractivity contribution in [2.24, 2.45) is 16.7 Å². The minimum Gasteiger partial charge on any atom is -0.382 e. The number of benzene rings is 1. The summed E-state index contributed by atoms with van der Waals surface area (Å²) < 4.78 is 0. The lowest BCUT2D eigenvalue weighted by Gasteiger charge is -2.02. The zero-order valence-corrected chi connectivity index (χ0v) is 8.44. The van der Waals surface area contributed by atoms with E-state index < -0.39 is 0 Å².